The van der Waals surface area contributed by atoms with Crippen LogP contribution in [0, 0.1) is 34.7 Å². The molecule has 0 unspecified atom stereocenters. The van der Waals surface area contributed by atoms with Crippen molar-refractivity contribution in [2.45, 2.75) is 38.4 Å². The summed E-state index contributed by atoms with van der Waals surface area (Å²) in [7, 11) is 1.52. The van der Waals surface area contributed by atoms with Gasteiger partial charge in [0.05, 0.1) is 30.1 Å². The Hall–Kier alpha value is -3.68. The third-order valence-electron chi connectivity index (χ3n) is 7.40. The lowest BCUT2D eigenvalue weighted by Crippen LogP contribution is -2.44. The zero-order valence-electron chi connectivity index (χ0n) is 21.4. The quantitative estimate of drug-likeness (QED) is 0.303. The average molecular weight is 544 g/mol. The van der Waals surface area contributed by atoms with Gasteiger partial charge in [-0.25, -0.2) is 17.6 Å². The lowest BCUT2D eigenvalue weighted by atomic mass is 9.74. The van der Waals surface area contributed by atoms with Crippen LogP contribution in [0.25, 0.3) is 10.9 Å². The van der Waals surface area contributed by atoms with E-state index in [9.17, 15) is 23.1 Å². The van der Waals surface area contributed by atoms with Gasteiger partial charge in [-0.2, -0.15) is 0 Å². The van der Waals surface area contributed by atoms with Gasteiger partial charge >= 0.3 is 5.97 Å². The number of nitrogens with two attached hydrogens (primary N) is 1. The van der Waals surface area contributed by atoms with Crippen molar-refractivity contribution in [1.29, 1.82) is 0 Å². The summed E-state index contributed by atoms with van der Waals surface area (Å²) in [6, 6.07) is 6.31. The third kappa shape index (κ3) is 6.15. The van der Waals surface area contributed by atoms with Crippen molar-refractivity contribution in [3.8, 4) is 17.6 Å². The van der Waals surface area contributed by atoms with Gasteiger partial charge in [-0.05, 0) is 49.4 Å². The van der Waals surface area contributed by atoms with Crippen molar-refractivity contribution in [3.05, 3.63) is 70.7 Å². The highest BCUT2D eigenvalue weighted by Crippen LogP contribution is 2.41. The number of ether oxygens (including phenoxy) is 1. The average Bonchev–Trinajstić information content (AvgIpc) is 2.92. The van der Waals surface area contributed by atoms with Crippen LogP contribution in [0.3, 0.4) is 0 Å². The minimum absolute atomic E-state index is 0.0153. The number of alkyl halides is 1. The molecule has 0 saturated carbocycles. The first-order valence-corrected chi connectivity index (χ1v) is 12.6. The summed E-state index contributed by atoms with van der Waals surface area (Å²) in [5.74, 6) is 1.44. The van der Waals surface area contributed by atoms with E-state index < -0.39 is 40.6 Å². The molecule has 6 nitrogen and oxygen atoms in total. The van der Waals surface area contributed by atoms with Crippen LogP contribution < -0.4 is 10.5 Å². The number of piperidine rings is 1. The van der Waals surface area contributed by atoms with Crippen LogP contribution in [0.2, 0.25) is 0 Å². The normalized spacial score (nSPS) is 15.9. The number of aliphatic carboxylic acids is 1. The molecule has 0 bridgehead atoms. The molecule has 39 heavy (non-hydrogen) atoms. The fourth-order valence-electron chi connectivity index (χ4n) is 5.05. The number of pyridine rings is 1. The number of benzene rings is 2. The highest BCUT2D eigenvalue weighted by atomic mass is 19.1. The molecule has 1 fully saturated rings. The number of carboxylic acid groups (broad SMARTS) is 1. The molecular formula is C29H29F4N3O3. The Kier molecular flexibility index (Phi) is 8.73. The van der Waals surface area contributed by atoms with Crippen molar-refractivity contribution in [2.24, 2.45) is 11.1 Å². The summed E-state index contributed by atoms with van der Waals surface area (Å²) in [6.07, 6.45) is 0.731. The van der Waals surface area contributed by atoms with Crippen LogP contribution in [0.15, 0.2) is 36.5 Å². The third-order valence-corrected chi connectivity index (χ3v) is 7.40. The molecule has 3 aromatic rings. The number of methoxy groups -OCH3 is 1. The summed E-state index contributed by atoms with van der Waals surface area (Å²) >= 11 is 0. The number of carbonyl (C=O) groups is 1. The van der Waals surface area contributed by atoms with Crippen molar-refractivity contribution < 1.29 is 32.2 Å². The molecule has 10 heteroatoms. The molecular weight excluding hydrogens is 514 g/mol. The topological polar surface area (TPSA) is 88.7 Å². The van der Waals surface area contributed by atoms with E-state index in [1.165, 1.54) is 7.11 Å². The van der Waals surface area contributed by atoms with Crippen LogP contribution in [0.5, 0.6) is 5.75 Å². The second kappa shape index (κ2) is 12.0. The van der Waals surface area contributed by atoms with Gasteiger partial charge in [0.1, 0.15) is 29.4 Å². The number of fused-ring (bicyclic) bond motifs is 1. The Morgan fingerprint density at radius 1 is 1.21 bits per heavy atom. The molecule has 2 aromatic carbocycles. The van der Waals surface area contributed by atoms with Gasteiger partial charge in [-0.15, -0.1) is 0 Å². The first-order chi connectivity index (χ1) is 18.7. The zero-order valence-corrected chi connectivity index (χ0v) is 21.4. The van der Waals surface area contributed by atoms with Gasteiger partial charge < -0.3 is 15.6 Å². The monoisotopic (exact) mass is 543 g/mol. The van der Waals surface area contributed by atoms with Gasteiger partial charge in [-0.1, -0.05) is 11.8 Å². The van der Waals surface area contributed by atoms with Gasteiger partial charge in [-0.3, -0.25) is 14.7 Å². The highest BCUT2D eigenvalue weighted by molar-refractivity contribution is 5.85. The molecule has 1 aliphatic rings. The van der Waals surface area contributed by atoms with Crippen molar-refractivity contribution >= 4 is 16.9 Å². The van der Waals surface area contributed by atoms with Crippen LogP contribution >= 0.6 is 0 Å². The van der Waals surface area contributed by atoms with E-state index in [0.717, 1.165) is 0 Å². The van der Waals surface area contributed by atoms with Gasteiger partial charge in [0.2, 0.25) is 0 Å². The van der Waals surface area contributed by atoms with Gasteiger partial charge in [0, 0.05) is 48.9 Å². The summed E-state index contributed by atoms with van der Waals surface area (Å²) in [4.78, 5) is 18.6. The van der Waals surface area contributed by atoms with Crippen LogP contribution in [-0.2, 0) is 11.3 Å². The molecule has 3 N–H and O–H groups in total. The molecule has 0 spiro atoms. The fourth-order valence-corrected chi connectivity index (χ4v) is 5.05. The Bertz CT molecular complexity index is 1400. The van der Waals surface area contributed by atoms with E-state index >= 15 is 4.39 Å². The molecule has 1 aliphatic heterocycles. The lowest BCUT2D eigenvalue weighted by Gasteiger charge is -2.38. The predicted molar refractivity (Wildman–Crippen MR) is 138 cm³/mol. The van der Waals surface area contributed by atoms with E-state index in [1.807, 2.05) is 4.90 Å². The fraction of sp³-hybridized carbons (Fsp3) is 0.379. The number of carboxylic acids is 1. The molecule has 0 radical (unpaired) electrons. The molecule has 0 aliphatic carbocycles. The number of hydrogen-bond acceptors (Lipinski definition) is 5. The number of likely N-dealkylation sites (tertiary alicyclic amines) is 1. The number of halogens is 4. The predicted octanol–water partition coefficient (Wildman–Crippen LogP) is 5.13. The molecule has 4 rings (SSSR count). The van der Waals surface area contributed by atoms with E-state index in [4.69, 9.17) is 10.5 Å². The molecule has 1 saturated heterocycles. The zero-order chi connectivity index (χ0) is 28.2. The first-order valence-electron chi connectivity index (χ1n) is 12.6. The van der Waals surface area contributed by atoms with Gasteiger partial charge in [0.15, 0.2) is 0 Å². The first kappa shape index (κ1) is 28.3. The van der Waals surface area contributed by atoms with E-state index in [2.05, 4.69) is 16.8 Å². The molecule has 0 amide bonds. The highest BCUT2D eigenvalue weighted by Gasteiger charge is 2.41. The SMILES string of the molecule is COc1ccc2ncc(CN)c([C@@H](F)CCC3(C(=O)O)CCN(CC#Cc4c(F)cc(F)cc4F)CC3)c2c1. The second-order valence-electron chi connectivity index (χ2n) is 9.70. The van der Waals surface area contributed by atoms with E-state index in [1.54, 1.807) is 24.4 Å². The van der Waals surface area contributed by atoms with Crippen LogP contribution in [0.4, 0.5) is 17.6 Å². The summed E-state index contributed by atoms with van der Waals surface area (Å²) in [6.45, 7) is 0.982. The van der Waals surface area contributed by atoms with Crippen molar-refractivity contribution in [1.82, 2.24) is 9.88 Å². The van der Waals surface area contributed by atoms with Crippen molar-refractivity contribution in [3.63, 3.8) is 0 Å². The Morgan fingerprint density at radius 3 is 2.51 bits per heavy atom. The van der Waals surface area contributed by atoms with Crippen LogP contribution in [0.1, 0.15) is 48.5 Å². The minimum Gasteiger partial charge on any atom is -0.497 e. The molecule has 206 valence electrons. The van der Waals surface area contributed by atoms with E-state index in [-0.39, 0.29) is 38.8 Å². The minimum atomic E-state index is -1.46. The van der Waals surface area contributed by atoms with Crippen molar-refractivity contribution in [2.75, 3.05) is 26.7 Å². The molecule has 1 aromatic heterocycles. The Labute approximate surface area is 223 Å². The maximum atomic E-state index is 15.8. The summed E-state index contributed by atoms with van der Waals surface area (Å²) in [5, 5.41) is 10.7. The second-order valence-corrected chi connectivity index (χ2v) is 9.70. The summed E-state index contributed by atoms with van der Waals surface area (Å²) in [5.41, 5.74) is 5.78. The van der Waals surface area contributed by atoms with E-state index in [0.29, 0.717) is 53.0 Å². The standard InChI is InChI=1S/C29H29F4N3O3/c1-39-20-4-5-26-22(15-20)27(18(16-34)17-35-26)23(31)6-7-29(28(37)38)8-11-36(12-9-29)10-2-3-21-24(32)13-19(30)14-25(21)33/h4-5,13-15,17,23H,6-12,16,34H2,1H3,(H,37,38)/t23-/m0/s1. The lowest BCUT2D eigenvalue weighted by molar-refractivity contribution is -0.152. The molecule has 2 heterocycles. The molecule has 1 atom stereocenters. The summed E-state index contributed by atoms with van der Waals surface area (Å²) < 4.78 is 61.8. The maximum Gasteiger partial charge on any atom is 0.309 e. The maximum absolute atomic E-state index is 15.8. The number of nitrogens with zero attached hydrogens (tertiary/aromatic N) is 2. The Morgan fingerprint density at radius 2 is 1.90 bits per heavy atom. The van der Waals surface area contributed by atoms with Gasteiger partial charge in [0.25, 0.3) is 0 Å². The smallest absolute Gasteiger partial charge is 0.309 e. The Balaban J connectivity index is 1.44. The number of rotatable bonds is 8. The number of aromatic nitrogens is 1. The largest absolute Gasteiger partial charge is 0.497 e. The van der Waals surface area contributed by atoms with Crippen LogP contribution in [-0.4, -0.2) is 47.7 Å². The number of hydrogen-bond donors (Lipinski definition) is 2.